The molecular formula is C17H26N2O3. The molecule has 1 fully saturated rings. The molecule has 0 aromatic heterocycles. The van der Waals surface area contributed by atoms with Crippen molar-refractivity contribution in [3.05, 3.63) is 17.7 Å². The lowest BCUT2D eigenvalue weighted by molar-refractivity contribution is -0.132. The molecule has 0 unspecified atom stereocenters. The van der Waals surface area contributed by atoms with Crippen molar-refractivity contribution in [2.75, 3.05) is 32.5 Å². The summed E-state index contributed by atoms with van der Waals surface area (Å²) < 4.78 is 11.0. The van der Waals surface area contributed by atoms with Gasteiger partial charge in [0.2, 0.25) is 5.91 Å². The number of carbonyl (C=O) groups excluding carboxylic acids is 1. The second kappa shape index (κ2) is 7.92. The van der Waals surface area contributed by atoms with Crippen LogP contribution in [-0.2, 0) is 11.2 Å². The molecule has 1 amide bonds. The Morgan fingerprint density at radius 3 is 2.64 bits per heavy atom. The van der Waals surface area contributed by atoms with Crippen molar-refractivity contribution in [1.82, 2.24) is 4.90 Å². The van der Waals surface area contributed by atoms with Gasteiger partial charge in [0.25, 0.3) is 0 Å². The quantitative estimate of drug-likeness (QED) is 0.821. The summed E-state index contributed by atoms with van der Waals surface area (Å²) in [7, 11) is 1.60. The predicted octanol–water partition coefficient (Wildman–Crippen LogP) is 2.62. The number of carbonyl (C=O) groups is 1. The van der Waals surface area contributed by atoms with E-state index in [-0.39, 0.29) is 5.91 Å². The number of aryl methyl sites for hydroxylation is 1. The number of nitrogens with zero attached hydrogens (tertiary/aromatic N) is 1. The van der Waals surface area contributed by atoms with Crippen LogP contribution in [0.5, 0.6) is 11.5 Å². The van der Waals surface area contributed by atoms with Crippen LogP contribution < -0.4 is 15.2 Å². The minimum atomic E-state index is 0.212. The number of nitrogens with two attached hydrogens (primary N) is 1. The Kier molecular flexibility index (Phi) is 5.92. The van der Waals surface area contributed by atoms with Gasteiger partial charge in [-0.1, -0.05) is 0 Å². The van der Waals surface area contributed by atoms with Crippen LogP contribution in [-0.4, -0.2) is 37.6 Å². The fourth-order valence-corrected chi connectivity index (χ4v) is 2.87. The summed E-state index contributed by atoms with van der Waals surface area (Å²) in [5.74, 6) is 1.54. The number of anilines is 1. The van der Waals surface area contributed by atoms with Crippen molar-refractivity contribution >= 4 is 11.6 Å². The van der Waals surface area contributed by atoms with Crippen molar-refractivity contribution in [3.63, 3.8) is 0 Å². The number of amides is 1. The summed E-state index contributed by atoms with van der Waals surface area (Å²) in [5, 5.41) is 0. The Bertz CT molecular complexity index is 511. The average molecular weight is 306 g/mol. The van der Waals surface area contributed by atoms with Gasteiger partial charge in [0.15, 0.2) is 11.5 Å². The fraction of sp³-hybridized carbons (Fsp3) is 0.588. The summed E-state index contributed by atoms with van der Waals surface area (Å²) in [4.78, 5) is 14.3. The monoisotopic (exact) mass is 306 g/mol. The standard InChI is InChI=1S/C17H26N2O3/c1-3-22-17-13(11-14(18)12-15(17)21-2)7-8-16(20)19-9-5-4-6-10-19/h11-12H,3-10,18H2,1-2H3. The summed E-state index contributed by atoms with van der Waals surface area (Å²) in [6.07, 6.45) is 4.55. The molecule has 0 bridgehead atoms. The molecule has 0 saturated carbocycles. The first kappa shape index (κ1) is 16.5. The van der Waals surface area contributed by atoms with E-state index in [1.165, 1.54) is 6.42 Å². The third kappa shape index (κ3) is 4.06. The van der Waals surface area contributed by atoms with Gasteiger partial charge in [-0.3, -0.25) is 4.79 Å². The van der Waals surface area contributed by atoms with Crippen molar-refractivity contribution in [2.24, 2.45) is 0 Å². The third-order valence-corrected chi connectivity index (χ3v) is 3.98. The lowest BCUT2D eigenvalue weighted by Crippen LogP contribution is -2.35. The zero-order valence-electron chi connectivity index (χ0n) is 13.6. The van der Waals surface area contributed by atoms with Gasteiger partial charge >= 0.3 is 0 Å². The molecule has 0 atom stereocenters. The molecule has 1 aliphatic rings. The molecule has 1 heterocycles. The Morgan fingerprint density at radius 2 is 2.00 bits per heavy atom. The fourth-order valence-electron chi connectivity index (χ4n) is 2.87. The van der Waals surface area contributed by atoms with Crippen molar-refractivity contribution in [3.8, 4) is 11.5 Å². The van der Waals surface area contributed by atoms with Crippen LogP contribution in [0, 0.1) is 0 Å². The maximum Gasteiger partial charge on any atom is 0.222 e. The molecule has 0 radical (unpaired) electrons. The number of ether oxygens (including phenoxy) is 2. The van der Waals surface area contributed by atoms with Crippen LogP contribution in [0.4, 0.5) is 5.69 Å². The van der Waals surface area contributed by atoms with Crippen LogP contribution in [0.2, 0.25) is 0 Å². The molecule has 5 nitrogen and oxygen atoms in total. The van der Waals surface area contributed by atoms with Crippen LogP contribution in [0.1, 0.15) is 38.2 Å². The van der Waals surface area contributed by atoms with Gasteiger partial charge in [0.1, 0.15) is 0 Å². The first-order valence-corrected chi connectivity index (χ1v) is 8.02. The van der Waals surface area contributed by atoms with E-state index >= 15 is 0 Å². The molecule has 2 rings (SSSR count). The van der Waals surface area contributed by atoms with Crippen molar-refractivity contribution in [1.29, 1.82) is 0 Å². The average Bonchev–Trinajstić information content (AvgIpc) is 2.55. The highest BCUT2D eigenvalue weighted by molar-refractivity contribution is 5.76. The normalized spacial score (nSPS) is 14.7. The highest BCUT2D eigenvalue weighted by Crippen LogP contribution is 2.34. The Morgan fingerprint density at radius 1 is 1.27 bits per heavy atom. The SMILES string of the molecule is CCOc1c(CCC(=O)N2CCCCC2)cc(N)cc1OC. The summed E-state index contributed by atoms with van der Waals surface area (Å²) >= 11 is 0. The Labute approximate surface area is 132 Å². The number of rotatable bonds is 6. The van der Waals surface area contributed by atoms with E-state index in [0.717, 1.165) is 31.5 Å². The van der Waals surface area contributed by atoms with Gasteiger partial charge in [-0.05, 0) is 38.7 Å². The van der Waals surface area contributed by atoms with Crippen molar-refractivity contribution < 1.29 is 14.3 Å². The summed E-state index contributed by atoms with van der Waals surface area (Å²) in [6.45, 7) is 4.25. The maximum atomic E-state index is 12.3. The van der Waals surface area contributed by atoms with E-state index in [2.05, 4.69) is 0 Å². The molecular weight excluding hydrogens is 280 g/mol. The van der Waals surface area contributed by atoms with Crippen LogP contribution >= 0.6 is 0 Å². The van der Waals surface area contributed by atoms with Gasteiger partial charge in [-0.15, -0.1) is 0 Å². The van der Waals surface area contributed by atoms with Gasteiger partial charge in [-0.25, -0.2) is 0 Å². The lowest BCUT2D eigenvalue weighted by Gasteiger charge is -2.27. The summed E-state index contributed by atoms with van der Waals surface area (Å²) in [6, 6.07) is 3.62. The van der Waals surface area contributed by atoms with Crippen molar-refractivity contribution in [2.45, 2.75) is 39.0 Å². The zero-order valence-corrected chi connectivity index (χ0v) is 13.6. The number of hydrogen-bond acceptors (Lipinski definition) is 4. The van der Waals surface area contributed by atoms with Crippen LogP contribution in [0.25, 0.3) is 0 Å². The van der Waals surface area contributed by atoms with Crippen LogP contribution in [0.3, 0.4) is 0 Å². The smallest absolute Gasteiger partial charge is 0.222 e. The van der Waals surface area contributed by atoms with E-state index in [0.29, 0.717) is 36.6 Å². The minimum Gasteiger partial charge on any atom is -0.493 e. The second-order valence-electron chi connectivity index (χ2n) is 5.59. The number of hydrogen-bond donors (Lipinski definition) is 1. The number of nitrogen functional groups attached to an aromatic ring is 1. The van der Waals surface area contributed by atoms with Gasteiger partial charge in [0, 0.05) is 36.8 Å². The highest BCUT2D eigenvalue weighted by Gasteiger charge is 2.18. The van der Waals surface area contributed by atoms with E-state index in [1.54, 1.807) is 13.2 Å². The molecule has 0 spiro atoms. The molecule has 1 aromatic carbocycles. The molecule has 5 heteroatoms. The van der Waals surface area contributed by atoms with E-state index < -0.39 is 0 Å². The number of methoxy groups -OCH3 is 1. The topological polar surface area (TPSA) is 64.8 Å². The van der Waals surface area contributed by atoms with E-state index in [1.807, 2.05) is 17.9 Å². The van der Waals surface area contributed by atoms with E-state index in [9.17, 15) is 4.79 Å². The predicted molar refractivity (Wildman–Crippen MR) is 87.3 cm³/mol. The molecule has 22 heavy (non-hydrogen) atoms. The van der Waals surface area contributed by atoms with Gasteiger partial charge < -0.3 is 20.1 Å². The third-order valence-electron chi connectivity index (χ3n) is 3.98. The van der Waals surface area contributed by atoms with Crippen LogP contribution in [0.15, 0.2) is 12.1 Å². The molecule has 0 aliphatic carbocycles. The molecule has 1 saturated heterocycles. The first-order valence-electron chi connectivity index (χ1n) is 8.02. The Hall–Kier alpha value is -1.91. The molecule has 122 valence electrons. The number of likely N-dealkylation sites (tertiary alicyclic amines) is 1. The lowest BCUT2D eigenvalue weighted by atomic mass is 10.0. The number of piperidine rings is 1. The Balaban J connectivity index is 2.07. The maximum absolute atomic E-state index is 12.3. The molecule has 1 aromatic rings. The van der Waals surface area contributed by atoms with E-state index in [4.69, 9.17) is 15.2 Å². The first-order chi connectivity index (χ1) is 10.7. The number of benzene rings is 1. The summed E-state index contributed by atoms with van der Waals surface area (Å²) in [5.41, 5.74) is 7.48. The second-order valence-corrected chi connectivity index (χ2v) is 5.59. The molecule has 2 N–H and O–H groups in total. The largest absolute Gasteiger partial charge is 0.493 e. The highest BCUT2D eigenvalue weighted by atomic mass is 16.5. The van der Waals surface area contributed by atoms with Gasteiger partial charge in [-0.2, -0.15) is 0 Å². The zero-order chi connectivity index (χ0) is 15.9. The minimum absolute atomic E-state index is 0.212. The van der Waals surface area contributed by atoms with Gasteiger partial charge in [0.05, 0.1) is 13.7 Å². The molecule has 1 aliphatic heterocycles.